The van der Waals surface area contributed by atoms with E-state index in [0.717, 1.165) is 35.5 Å². The third kappa shape index (κ3) is 7.67. The van der Waals surface area contributed by atoms with Crippen LogP contribution in [0.5, 0.6) is 5.75 Å². The molecule has 184 valence electrons. The van der Waals surface area contributed by atoms with Crippen LogP contribution in [0.3, 0.4) is 0 Å². The zero-order valence-corrected chi connectivity index (χ0v) is 19.3. The summed E-state index contributed by atoms with van der Waals surface area (Å²) in [7, 11) is 0. The molecule has 1 aromatic carbocycles. The number of ether oxygens (including phenoxy) is 3. The van der Waals surface area contributed by atoms with E-state index < -0.39 is 17.7 Å². The molecular formula is C24H31N3O7. The van der Waals surface area contributed by atoms with Crippen molar-refractivity contribution in [3.8, 4) is 5.75 Å². The number of nitrogens with one attached hydrogen (secondary N) is 2. The maximum Gasteiger partial charge on any atom is 0.253 e. The van der Waals surface area contributed by atoms with Crippen molar-refractivity contribution in [1.29, 1.82) is 0 Å². The summed E-state index contributed by atoms with van der Waals surface area (Å²) in [6.45, 7) is 3.42. The molecule has 10 heteroatoms. The van der Waals surface area contributed by atoms with Gasteiger partial charge in [0.1, 0.15) is 5.75 Å². The van der Waals surface area contributed by atoms with E-state index in [1.54, 1.807) is 0 Å². The number of hydrogen-bond acceptors (Lipinski definition) is 7. The third-order valence-corrected chi connectivity index (χ3v) is 5.40. The summed E-state index contributed by atoms with van der Waals surface area (Å²) < 4.78 is 17.2. The standard InChI is InChI=1S/C24H31N3O7/c1-2-32-18-8-6-17(7-9-18)24-33-16-19(34-24)5-3-4-13-25-21(29)15-26-20(28)12-14-27-22(30)10-11-23(27)31/h6-11,19,24H,2-5,12-16H2,1H3,(H,25,29)(H,26,28). The van der Waals surface area contributed by atoms with Crippen LogP contribution in [0.1, 0.15) is 44.5 Å². The van der Waals surface area contributed by atoms with Gasteiger partial charge in [-0.3, -0.25) is 24.1 Å². The van der Waals surface area contributed by atoms with Crippen molar-refractivity contribution in [1.82, 2.24) is 15.5 Å². The molecule has 1 saturated heterocycles. The first-order valence-electron chi connectivity index (χ1n) is 11.5. The molecule has 4 amide bonds. The smallest absolute Gasteiger partial charge is 0.253 e. The van der Waals surface area contributed by atoms with E-state index in [4.69, 9.17) is 14.2 Å². The summed E-state index contributed by atoms with van der Waals surface area (Å²) in [5, 5.41) is 5.25. The van der Waals surface area contributed by atoms with Crippen molar-refractivity contribution in [3.63, 3.8) is 0 Å². The highest BCUT2D eigenvalue weighted by Crippen LogP contribution is 2.29. The maximum atomic E-state index is 11.9. The summed E-state index contributed by atoms with van der Waals surface area (Å²) in [4.78, 5) is 47.6. The first kappa shape index (κ1) is 25.4. The van der Waals surface area contributed by atoms with Crippen molar-refractivity contribution < 1.29 is 33.4 Å². The van der Waals surface area contributed by atoms with E-state index in [2.05, 4.69) is 10.6 Å². The fourth-order valence-corrected chi connectivity index (χ4v) is 3.58. The van der Waals surface area contributed by atoms with Crippen molar-refractivity contribution in [2.45, 2.75) is 45.0 Å². The normalized spacial score (nSPS) is 19.5. The van der Waals surface area contributed by atoms with Crippen LogP contribution in [0.2, 0.25) is 0 Å². The van der Waals surface area contributed by atoms with Crippen molar-refractivity contribution in [3.05, 3.63) is 42.0 Å². The first-order chi connectivity index (χ1) is 16.5. The second-order valence-electron chi connectivity index (χ2n) is 7.96. The number of hydrogen-bond donors (Lipinski definition) is 2. The van der Waals surface area contributed by atoms with E-state index in [-0.39, 0.29) is 37.8 Å². The summed E-state index contributed by atoms with van der Waals surface area (Å²) in [6, 6.07) is 7.68. The largest absolute Gasteiger partial charge is 0.494 e. The van der Waals surface area contributed by atoms with Crippen LogP contribution in [0.4, 0.5) is 0 Å². The van der Waals surface area contributed by atoms with Gasteiger partial charge in [-0.25, -0.2) is 0 Å². The van der Waals surface area contributed by atoms with Gasteiger partial charge < -0.3 is 24.8 Å². The molecule has 3 rings (SSSR count). The Morgan fingerprint density at radius 1 is 1.06 bits per heavy atom. The summed E-state index contributed by atoms with van der Waals surface area (Å²) in [5.74, 6) is -0.744. The lowest BCUT2D eigenvalue weighted by Gasteiger charge is -2.13. The average Bonchev–Trinajstić information content (AvgIpc) is 3.43. The summed E-state index contributed by atoms with van der Waals surface area (Å²) in [6.07, 6.45) is 4.39. The Kier molecular flexibility index (Phi) is 9.60. The van der Waals surface area contributed by atoms with Crippen molar-refractivity contribution in [2.24, 2.45) is 0 Å². The Morgan fingerprint density at radius 2 is 1.79 bits per heavy atom. The molecular weight excluding hydrogens is 442 g/mol. The lowest BCUT2D eigenvalue weighted by Crippen LogP contribution is -2.39. The summed E-state index contributed by atoms with van der Waals surface area (Å²) >= 11 is 0. The molecule has 2 N–H and O–H groups in total. The molecule has 1 fully saturated rings. The molecule has 2 aliphatic rings. The molecule has 0 radical (unpaired) electrons. The number of carbonyl (C=O) groups excluding carboxylic acids is 4. The number of benzene rings is 1. The second-order valence-corrected chi connectivity index (χ2v) is 7.96. The van der Waals surface area contributed by atoms with Gasteiger partial charge in [0.05, 0.1) is 25.9 Å². The van der Waals surface area contributed by atoms with Gasteiger partial charge in [-0.2, -0.15) is 0 Å². The van der Waals surface area contributed by atoms with E-state index in [0.29, 0.717) is 19.8 Å². The molecule has 10 nitrogen and oxygen atoms in total. The second kappa shape index (κ2) is 12.9. The van der Waals surface area contributed by atoms with Gasteiger partial charge in [0, 0.05) is 37.2 Å². The minimum atomic E-state index is -0.434. The average molecular weight is 474 g/mol. The number of rotatable bonds is 13. The Hall–Kier alpha value is -3.24. The zero-order valence-electron chi connectivity index (χ0n) is 19.3. The molecule has 0 saturated carbocycles. The van der Waals surface area contributed by atoms with Crippen LogP contribution in [0.15, 0.2) is 36.4 Å². The molecule has 1 aromatic rings. The van der Waals surface area contributed by atoms with Crippen LogP contribution in [-0.2, 0) is 28.7 Å². The van der Waals surface area contributed by atoms with Gasteiger partial charge in [-0.05, 0) is 38.3 Å². The van der Waals surface area contributed by atoms with Crippen LogP contribution < -0.4 is 15.4 Å². The number of unbranched alkanes of at least 4 members (excludes halogenated alkanes) is 1. The fourth-order valence-electron chi connectivity index (χ4n) is 3.58. The van der Waals surface area contributed by atoms with Crippen molar-refractivity contribution >= 4 is 23.6 Å². The monoisotopic (exact) mass is 473 g/mol. The molecule has 0 bridgehead atoms. The molecule has 2 heterocycles. The Morgan fingerprint density at radius 3 is 2.50 bits per heavy atom. The molecule has 34 heavy (non-hydrogen) atoms. The van der Waals surface area contributed by atoms with Gasteiger partial charge in [0.15, 0.2) is 6.29 Å². The number of carbonyl (C=O) groups is 4. The minimum Gasteiger partial charge on any atom is -0.494 e. The van der Waals surface area contributed by atoms with E-state index >= 15 is 0 Å². The van der Waals surface area contributed by atoms with Gasteiger partial charge in [-0.1, -0.05) is 12.1 Å². The molecule has 0 aromatic heterocycles. The molecule has 2 atom stereocenters. The van der Waals surface area contributed by atoms with Crippen LogP contribution in [0.25, 0.3) is 0 Å². The maximum absolute atomic E-state index is 11.9. The lowest BCUT2D eigenvalue weighted by atomic mass is 10.1. The topological polar surface area (TPSA) is 123 Å². The lowest BCUT2D eigenvalue weighted by molar-refractivity contribution is -0.137. The SMILES string of the molecule is CCOc1ccc(C2OCC(CCCCNC(=O)CNC(=O)CCN3C(=O)C=CC3=O)O2)cc1. The predicted octanol–water partition coefficient (Wildman–Crippen LogP) is 1.22. The first-order valence-corrected chi connectivity index (χ1v) is 11.5. The van der Waals surface area contributed by atoms with Crippen LogP contribution in [0, 0.1) is 0 Å². The highest BCUT2D eigenvalue weighted by molar-refractivity contribution is 6.13. The predicted molar refractivity (Wildman–Crippen MR) is 122 cm³/mol. The molecule has 0 spiro atoms. The third-order valence-electron chi connectivity index (χ3n) is 5.40. The zero-order chi connectivity index (χ0) is 24.3. The number of nitrogens with zero attached hydrogens (tertiary/aromatic N) is 1. The summed E-state index contributed by atoms with van der Waals surface area (Å²) in [5.41, 5.74) is 0.954. The van der Waals surface area contributed by atoms with E-state index in [1.165, 1.54) is 12.2 Å². The molecule has 2 unspecified atom stereocenters. The van der Waals surface area contributed by atoms with E-state index in [9.17, 15) is 19.2 Å². The molecule has 2 aliphatic heterocycles. The van der Waals surface area contributed by atoms with Crippen molar-refractivity contribution in [2.75, 3.05) is 32.8 Å². The Labute approximate surface area is 198 Å². The molecule has 0 aliphatic carbocycles. The number of imide groups is 1. The highest BCUT2D eigenvalue weighted by atomic mass is 16.7. The van der Waals surface area contributed by atoms with Gasteiger partial charge in [0.2, 0.25) is 11.8 Å². The number of amides is 4. The Balaban J connectivity index is 1.21. The minimum absolute atomic E-state index is 0.00941. The van der Waals surface area contributed by atoms with Crippen LogP contribution >= 0.6 is 0 Å². The van der Waals surface area contributed by atoms with E-state index in [1.807, 2.05) is 31.2 Å². The van der Waals surface area contributed by atoms with Crippen LogP contribution in [-0.4, -0.2) is 67.5 Å². The van der Waals surface area contributed by atoms with Gasteiger partial charge in [0.25, 0.3) is 11.8 Å². The fraction of sp³-hybridized carbons (Fsp3) is 0.500. The quantitative estimate of drug-likeness (QED) is 0.326. The highest BCUT2D eigenvalue weighted by Gasteiger charge is 2.27. The Bertz CT molecular complexity index is 882. The van der Waals surface area contributed by atoms with Gasteiger partial charge in [-0.15, -0.1) is 0 Å². The van der Waals surface area contributed by atoms with Gasteiger partial charge >= 0.3 is 0 Å².